The van der Waals surface area contributed by atoms with Crippen LogP contribution in [0.3, 0.4) is 0 Å². The van der Waals surface area contributed by atoms with Gasteiger partial charge in [-0.05, 0) is 24.2 Å². The van der Waals surface area contributed by atoms with E-state index in [2.05, 4.69) is 21.2 Å². The average molecular weight is 342 g/mol. The maximum absolute atomic E-state index is 13.1. The van der Waals surface area contributed by atoms with Crippen LogP contribution >= 0.6 is 15.9 Å². The molecule has 0 aliphatic rings. The van der Waals surface area contributed by atoms with Crippen molar-refractivity contribution in [2.24, 2.45) is 0 Å². The van der Waals surface area contributed by atoms with E-state index in [0.717, 1.165) is 41.3 Å². The molecule has 20 heavy (non-hydrogen) atoms. The summed E-state index contributed by atoms with van der Waals surface area (Å²) >= 11 is 3.45. The largest absolute Gasteiger partial charge is 0.457 e. The molecule has 0 atom stereocenters. The normalized spacial score (nSPS) is 10.6. The summed E-state index contributed by atoms with van der Waals surface area (Å²) in [5, 5.41) is 3.22. The van der Waals surface area contributed by atoms with Crippen LogP contribution in [0.5, 0.6) is 11.5 Å². The molecule has 0 radical (unpaired) electrons. The van der Waals surface area contributed by atoms with Crippen LogP contribution in [0.2, 0.25) is 0 Å². The van der Waals surface area contributed by atoms with Crippen LogP contribution in [-0.4, -0.2) is 6.54 Å². The molecule has 0 aliphatic heterocycles. The minimum atomic E-state index is -0.664. The molecule has 0 bridgehead atoms. The van der Waals surface area contributed by atoms with Gasteiger partial charge in [0, 0.05) is 29.2 Å². The Morgan fingerprint density at radius 3 is 2.35 bits per heavy atom. The predicted molar refractivity (Wildman–Crippen MR) is 78.0 cm³/mol. The summed E-state index contributed by atoms with van der Waals surface area (Å²) < 4.78 is 32.5. The van der Waals surface area contributed by atoms with Gasteiger partial charge in [0.2, 0.25) is 0 Å². The molecule has 0 saturated carbocycles. The van der Waals surface area contributed by atoms with Crippen molar-refractivity contribution in [2.75, 3.05) is 6.54 Å². The van der Waals surface area contributed by atoms with Gasteiger partial charge in [0.1, 0.15) is 23.1 Å². The smallest absolute Gasteiger partial charge is 0.133 e. The Kier molecular flexibility index (Phi) is 5.09. The molecule has 0 aliphatic carbocycles. The van der Waals surface area contributed by atoms with Gasteiger partial charge in [0.15, 0.2) is 0 Å². The quantitative estimate of drug-likeness (QED) is 0.856. The van der Waals surface area contributed by atoms with E-state index in [-0.39, 0.29) is 5.75 Å². The second-order valence-corrected chi connectivity index (χ2v) is 5.10. The Balaban J connectivity index is 2.15. The lowest BCUT2D eigenvalue weighted by Gasteiger charge is -2.09. The third kappa shape index (κ3) is 4.02. The van der Waals surface area contributed by atoms with E-state index in [1.165, 1.54) is 0 Å². The van der Waals surface area contributed by atoms with E-state index in [4.69, 9.17) is 4.74 Å². The summed E-state index contributed by atoms with van der Waals surface area (Å²) in [5.41, 5.74) is 1.09. The fourth-order valence-corrected chi connectivity index (χ4v) is 2.22. The van der Waals surface area contributed by atoms with E-state index in [9.17, 15) is 8.78 Å². The van der Waals surface area contributed by atoms with Crippen molar-refractivity contribution >= 4 is 15.9 Å². The van der Waals surface area contributed by atoms with Crippen LogP contribution in [0.25, 0.3) is 0 Å². The van der Waals surface area contributed by atoms with Gasteiger partial charge in [-0.15, -0.1) is 0 Å². The van der Waals surface area contributed by atoms with Crippen molar-refractivity contribution in [3.8, 4) is 11.5 Å². The Hall–Kier alpha value is -1.46. The molecule has 0 saturated heterocycles. The van der Waals surface area contributed by atoms with Crippen LogP contribution in [-0.2, 0) is 6.54 Å². The summed E-state index contributed by atoms with van der Waals surface area (Å²) in [6, 6.07) is 8.53. The number of ether oxygens (including phenoxy) is 1. The third-order valence-electron chi connectivity index (χ3n) is 2.66. The molecule has 0 spiro atoms. The molecule has 106 valence electrons. The first-order valence-electron chi connectivity index (χ1n) is 6.21. The molecule has 0 aromatic heterocycles. The lowest BCUT2D eigenvalue weighted by atomic mass is 10.2. The fourth-order valence-electron chi connectivity index (χ4n) is 1.72. The van der Waals surface area contributed by atoms with Crippen LogP contribution in [0.4, 0.5) is 8.78 Å². The summed E-state index contributed by atoms with van der Waals surface area (Å²) in [6.45, 7) is 3.66. The molecular formula is C15H14BrF2NO. The Morgan fingerprint density at radius 1 is 1.05 bits per heavy atom. The molecular weight excluding hydrogens is 328 g/mol. The lowest BCUT2D eigenvalue weighted by Crippen LogP contribution is -2.11. The van der Waals surface area contributed by atoms with Crippen molar-refractivity contribution in [3.05, 3.63) is 58.1 Å². The van der Waals surface area contributed by atoms with Crippen molar-refractivity contribution < 1.29 is 13.5 Å². The highest BCUT2D eigenvalue weighted by Gasteiger charge is 2.05. The first kappa shape index (κ1) is 14.9. The van der Waals surface area contributed by atoms with Crippen molar-refractivity contribution in [2.45, 2.75) is 13.5 Å². The summed E-state index contributed by atoms with van der Waals surface area (Å²) in [6.07, 6.45) is 0. The van der Waals surface area contributed by atoms with Gasteiger partial charge in [-0.25, -0.2) is 8.78 Å². The maximum atomic E-state index is 13.1. The van der Waals surface area contributed by atoms with Gasteiger partial charge in [0.05, 0.1) is 0 Å². The van der Waals surface area contributed by atoms with Crippen molar-refractivity contribution in [1.82, 2.24) is 5.32 Å². The molecule has 2 nitrogen and oxygen atoms in total. The zero-order valence-corrected chi connectivity index (χ0v) is 12.5. The van der Waals surface area contributed by atoms with E-state index in [1.807, 2.05) is 13.0 Å². The highest BCUT2D eigenvalue weighted by atomic mass is 79.9. The number of benzene rings is 2. The highest BCUT2D eigenvalue weighted by molar-refractivity contribution is 9.10. The van der Waals surface area contributed by atoms with Gasteiger partial charge < -0.3 is 10.1 Å². The molecule has 0 amide bonds. The number of halogens is 3. The van der Waals surface area contributed by atoms with Crippen molar-refractivity contribution in [3.63, 3.8) is 0 Å². The number of hydrogen-bond donors (Lipinski definition) is 1. The fraction of sp³-hybridized carbons (Fsp3) is 0.200. The Bertz CT molecular complexity index is 584. The Labute approximate surface area is 124 Å². The van der Waals surface area contributed by atoms with E-state index >= 15 is 0 Å². The maximum Gasteiger partial charge on any atom is 0.133 e. The first-order chi connectivity index (χ1) is 9.58. The van der Waals surface area contributed by atoms with Gasteiger partial charge in [-0.2, -0.15) is 0 Å². The van der Waals surface area contributed by atoms with Crippen LogP contribution < -0.4 is 10.1 Å². The van der Waals surface area contributed by atoms with Crippen LogP contribution in [0.15, 0.2) is 40.9 Å². The van der Waals surface area contributed by atoms with E-state index in [0.29, 0.717) is 5.75 Å². The second kappa shape index (κ2) is 6.81. The van der Waals surface area contributed by atoms with Gasteiger partial charge in [-0.1, -0.05) is 28.9 Å². The molecule has 1 N–H and O–H groups in total. The van der Waals surface area contributed by atoms with Crippen molar-refractivity contribution in [1.29, 1.82) is 0 Å². The molecule has 5 heteroatoms. The molecule has 0 heterocycles. The first-order valence-corrected chi connectivity index (χ1v) is 7.01. The number of rotatable bonds is 5. The Morgan fingerprint density at radius 2 is 1.75 bits per heavy atom. The number of nitrogens with one attached hydrogen (secondary N) is 1. The minimum Gasteiger partial charge on any atom is -0.457 e. The van der Waals surface area contributed by atoms with Gasteiger partial charge >= 0.3 is 0 Å². The average Bonchev–Trinajstić information content (AvgIpc) is 2.36. The molecule has 0 fully saturated rings. The SMILES string of the molecule is CCNCc1ccc(Oc2cc(F)cc(F)c2)cc1Br. The molecule has 2 aromatic carbocycles. The van der Waals surface area contributed by atoms with Gasteiger partial charge in [-0.3, -0.25) is 0 Å². The summed E-state index contributed by atoms with van der Waals surface area (Å²) in [4.78, 5) is 0. The van der Waals surface area contributed by atoms with Gasteiger partial charge in [0.25, 0.3) is 0 Å². The third-order valence-corrected chi connectivity index (χ3v) is 3.40. The standard InChI is InChI=1S/C15H14BrF2NO/c1-2-19-9-10-3-4-13(8-15(10)16)20-14-6-11(17)5-12(18)7-14/h3-8,19H,2,9H2,1H3. The zero-order valence-electron chi connectivity index (χ0n) is 10.9. The minimum absolute atomic E-state index is 0.133. The summed E-state index contributed by atoms with van der Waals surface area (Å²) in [5.74, 6) is -0.679. The molecule has 0 unspecified atom stereocenters. The van der Waals surface area contributed by atoms with Crippen LogP contribution in [0, 0.1) is 11.6 Å². The monoisotopic (exact) mass is 341 g/mol. The lowest BCUT2D eigenvalue weighted by molar-refractivity contribution is 0.467. The topological polar surface area (TPSA) is 21.3 Å². The molecule has 2 rings (SSSR count). The van der Waals surface area contributed by atoms with E-state index < -0.39 is 11.6 Å². The predicted octanol–water partition coefficient (Wildman–Crippen LogP) is 4.63. The van der Waals surface area contributed by atoms with Crippen LogP contribution in [0.1, 0.15) is 12.5 Å². The summed E-state index contributed by atoms with van der Waals surface area (Å²) in [7, 11) is 0. The second-order valence-electron chi connectivity index (χ2n) is 4.24. The highest BCUT2D eigenvalue weighted by Crippen LogP contribution is 2.28. The molecule has 2 aromatic rings. The zero-order chi connectivity index (χ0) is 14.5. The van der Waals surface area contributed by atoms with E-state index in [1.54, 1.807) is 12.1 Å². The number of hydrogen-bond acceptors (Lipinski definition) is 2.